The second kappa shape index (κ2) is 5.78. The summed E-state index contributed by atoms with van der Waals surface area (Å²) in [5.41, 5.74) is 1.98. The Hall–Kier alpha value is -2.63. The molecular weight excluding hydrogens is 302 g/mol. The van der Waals surface area contributed by atoms with E-state index in [1.165, 1.54) is 0 Å². The predicted molar refractivity (Wildman–Crippen MR) is 92.9 cm³/mol. The molecule has 1 saturated carbocycles. The van der Waals surface area contributed by atoms with Crippen molar-refractivity contribution in [1.29, 1.82) is 0 Å². The minimum Gasteiger partial charge on any atom is -0.318 e. The number of benzene rings is 1. The van der Waals surface area contributed by atoms with Gasteiger partial charge in [0.15, 0.2) is 0 Å². The summed E-state index contributed by atoms with van der Waals surface area (Å²) in [6.45, 7) is 4.35. The molecule has 1 aromatic carbocycles. The molecule has 2 aromatic heterocycles. The average Bonchev–Trinajstić information content (AvgIpc) is 3.19. The molecular formula is C18H21N5O. The fourth-order valence-electron chi connectivity index (χ4n) is 3.06. The number of rotatable bonds is 5. The Kier molecular flexibility index (Phi) is 3.59. The highest BCUT2D eigenvalue weighted by atomic mass is 16.2. The van der Waals surface area contributed by atoms with Crippen molar-refractivity contribution >= 4 is 22.8 Å². The molecule has 0 spiro atoms. The first-order valence-electron chi connectivity index (χ1n) is 8.42. The van der Waals surface area contributed by atoms with Crippen LogP contribution in [0.1, 0.15) is 44.5 Å². The first kappa shape index (κ1) is 14.9. The highest BCUT2D eigenvalue weighted by Gasteiger charge is 2.30. The fourth-order valence-corrected chi connectivity index (χ4v) is 3.06. The second-order valence-electron chi connectivity index (χ2n) is 6.62. The Morgan fingerprint density at radius 3 is 2.83 bits per heavy atom. The monoisotopic (exact) mass is 323 g/mol. The van der Waals surface area contributed by atoms with Crippen molar-refractivity contribution in [2.24, 2.45) is 0 Å². The number of amides is 1. The molecule has 0 radical (unpaired) electrons. The maximum Gasteiger partial charge on any atom is 0.245 e. The Balaban J connectivity index is 1.60. The highest BCUT2D eigenvalue weighted by molar-refractivity contribution is 5.91. The third-order valence-electron chi connectivity index (χ3n) is 4.36. The van der Waals surface area contributed by atoms with E-state index < -0.39 is 0 Å². The normalized spacial score (nSPS) is 14.5. The lowest BCUT2D eigenvalue weighted by Gasteiger charge is -2.13. The van der Waals surface area contributed by atoms with E-state index >= 15 is 0 Å². The molecule has 6 heteroatoms. The number of aromatic nitrogens is 4. The molecule has 1 amide bonds. The fraction of sp³-hybridized carbons (Fsp3) is 0.389. The molecule has 3 aromatic rings. The van der Waals surface area contributed by atoms with Gasteiger partial charge in [-0.2, -0.15) is 5.10 Å². The number of hydrogen-bond donors (Lipinski definition) is 1. The van der Waals surface area contributed by atoms with Gasteiger partial charge in [-0.05, 0) is 38.8 Å². The predicted octanol–water partition coefficient (Wildman–Crippen LogP) is 3.33. The van der Waals surface area contributed by atoms with Gasteiger partial charge in [0.05, 0.1) is 17.2 Å². The van der Waals surface area contributed by atoms with Crippen molar-refractivity contribution in [1.82, 2.24) is 19.3 Å². The van der Waals surface area contributed by atoms with Crippen molar-refractivity contribution < 1.29 is 4.79 Å². The molecule has 0 bridgehead atoms. The summed E-state index contributed by atoms with van der Waals surface area (Å²) in [5, 5.41) is 7.23. The second-order valence-corrected chi connectivity index (χ2v) is 6.62. The lowest BCUT2D eigenvalue weighted by atomic mass is 10.3. The molecule has 0 saturated heterocycles. The lowest BCUT2D eigenvalue weighted by Crippen LogP contribution is -2.22. The van der Waals surface area contributed by atoms with Gasteiger partial charge in [0.1, 0.15) is 18.2 Å². The summed E-state index contributed by atoms with van der Waals surface area (Å²) in [5.74, 6) is 2.20. The van der Waals surface area contributed by atoms with Crippen molar-refractivity contribution in [3.05, 3.63) is 42.4 Å². The number of carbonyl (C=O) groups excluding carboxylic acids is 1. The Morgan fingerprint density at radius 1 is 1.29 bits per heavy atom. The van der Waals surface area contributed by atoms with Crippen molar-refractivity contribution in [3.8, 4) is 0 Å². The van der Waals surface area contributed by atoms with Crippen LogP contribution in [0.2, 0.25) is 0 Å². The molecule has 1 fully saturated rings. The zero-order valence-corrected chi connectivity index (χ0v) is 13.9. The molecule has 24 heavy (non-hydrogen) atoms. The van der Waals surface area contributed by atoms with Crippen LogP contribution in [0.25, 0.3) is 11.0 Å². The van der Waals surface area contributed by atoms with E-state index in [0.717, 1.165) is 35.5 Å². The van der Waals surface area contributed by atoms with Gasteiger partial charge in [-0.1, -0.05) is 12.1 Å². The molecule has 6 nitrogen and oxygen atoms in total. The van der Waals surface area contributed by atoms with Gasteiger partial charge in [0.25, 0.3) is 0 Å². The minimum absolute atomic E-state index is 0.0533. The van der Waals surface area contributed by atoms with E-state index in [9.17, 15) is 4.79 Å². The summed E-state index contributed by atoms with van der Waals surface area (Å²) in [6.07, 6.45) is 4.02. The number of anilines is 1. The van der Waals surface area contributed by atoms with Gasteiger partial charge in [0, 0.05) is 18.0 Å². The maximum absolute atomic E-state index is 12.6. The number of nitrogens with zero attached hydrogens (tertiary/aromatic N) is 4. The summed E-state index contributed by atoms with van der Waals surface area (Å²) in [7, 11) is 0. The number of imidazole rings is 1. The van der Waals surface area contributed by atoms with Crippen LogP contribution in [0, 0.1) is 0 Å². The van der Waals surface area contributed by atoms with E-state index in [1.54, 1.807) is 6.20 Å². The zero-order valence-electron chi connectivity index (χ0n) is 13.9. The third-order valence-corrected chi connectivity index (χ3v) is 4.36. The van der Waals surface area contributed by atoms with Crippen LogP contribution in [0.4, 0.5) is 5.82 Å². The number of para-hydroxylation sites is 2. The zero-order chi connectivity index (χ0) is 16.7. The summed E-state index contributed by atoms with van der Waals surface area (Å²) >= 11 is 0. The molecule has 1 N–H and O–H groups in total. The van der Waals surface area contributed by atoms with Crippen LogP contribution in [-0.2, 0) is 11.3 Å². The van der Waals surface area contributed by atoms with Gasteiger partial charge in [-0.25, -0.2) is 9.67 Å². The molecule has 0 atom stereocenters. The van der Waals surface area contributed by atoms with E-state index in [-0.39, 0.29) is 18.5 Å². The molecule has 2 heterocycles. The van der Waals surface area contributed by atoms with Crippen LogP contribution in [-0.4, -0.2) is 25.2 Å². The summed E-state index contributed by atoms with van der Waals surface area (Å²) < 4.78 is 3.87. The summed E-state index contributed by atoms with van der Waals surface area (Å²) in [6, 6.07) is 10.0. The van der Waals surface area contributed by atoms with Crippen LogP contribution in [0.5, 0.6) is 0 Å². The SMILES string of the molecule is CC(C)n1nccc1NC(=O)Cn1c(C2CC2)nc2ccccc21. The molecule has 0 aliphatic heterocycles. The quantitative estimate of drug-likeness (QED) is 0.783. The van der Waals surface area contributed by atoms with Gasteiger partial charge < -0.3 is 9.88 Å². The molecule has 4 rings (SSSR count). The van der Waals surface area contributed by atoms with Gasteiger partial charge in [0.2, 0.25) is 5.91 Å². The molecule has 124 valence electrons. The third kappa shape index (κ3) is 2.68. The minimum atomic E-state index is -0.0533. The lowest BCUT2D eigenvalue weighted by molar-refractivity contribution is -0.116. The Labute approximate surface area is 140 Å². The standard InChI is InChI=1S/C18H21N5O/c1-12(2)23-16(9-10-19-23)21-17(24)11-22-15-6-4-3-5-14(15)20-18(22)13-7-8-13/h3-6,9-10,12-13H,7-8,11H2,1-2H3,(H,21,24). The van der Waals surface area contributed by atoms with E-state index in [4.69, 9.17) is 4.98 Å². The van der Waals surface area contributed by atoms with Crippen LogP contribution >= 0.6 is 0 Å². The topological polar surface area (TPSA) is 64.7 Å². The van der Waals surface area contributed by atoms with E-state index in [2.05, 4.69) is 15.0 Å². The first-order valence-corrected chi connectivity index (χ1v) is 8.42. The van der Waals surface area contributed by atoms with Crippen LogP contribution in [0.3, 0.4) is 0 Å². The number of hydrogen-bond acceptors (Lipinski definition) is 3. The maximum atomic E-state index is 12.6. The van der Waals surface area contributed by atoms with Crippen LogP contribution in [0.15, 0.2) is 36.5 Å². The van der Waals surface area contributed by atoms with E-state index in [0.29, 0.717) is 5.92 Å². The molecule has 1 aliphatic carbocycles. The first-order chi connectivity index (χ1) is 11.6. The summed E-state index contributed by atoms with van der Waals surface area (Å²) in [4.78, 5) is 17.3. The van der Waals surface area contributed by atoms with Gasteiger partial charge in [-0.15, -0.1) is 0 Å². The smallest absolute Gasteiger partial charge is 0.245 e. The van der Waals surface area contributed by atoms with Crippen molar-refractivity contribution in [3.63, 3.8) is 0 Å². The Bertz CT molecular complexity index is 888. The van der Waals surface area contributed by atoms with Crippen LogP contribution < -0.4 is 5.32 Å². The Morgan fingerprint density at radius 2 is 2.08 bits per heavy atom. The van der Waals surface area contributed by atoms with Crippen molar-refractivity contribution in [2.45, 2.75) is 45.2 Å². The largest absolute Gasteiger partial charge is 0.318 e. The number of carbonyl (C=O) groups is 1. The number of nitrogens with one attached hydrogen (secondary N) is 1. The molecule has 0 unspecified atom stereocenters. The highest BCUT2D eigenvalue weighted by Crippen LogP contribution is 2.40. The number of fused-ring (bicyclic) bond motifs is 1. The van der Waals surface area contributed by atoms with Gasteiger partial charge in [-0.3, -0.25) is 4.79 Å². The molecule has 1 aliphatic rings. The van der Waals surface area contributed by atoms with Gasteiger partial charge >= 0.3 is 0 Å². The van der Waals surface area contributed by atoms with E-state index in [1.807, 2.05) is 48.9 Å². The average molecular weight is 323 g/mol. The van der Waals surface area contributed by atoms with Crippen molar-refractivity contribution in [2.75, 3.05) is 5.32 Å².